The first-order chi connectivity index (χ1) is 8.29. The number of anilines is 1. The molecule has 0 spiro atoms. The molecule has 0 aliphatic rings. The van der Waals surface area contributed by atoms with E-state index in [0.717, 1.165) is 0 Å². The average Bonchev–Trinajstić information content (AvgIpc) is 2.78. The summed E-state index contributed by atoms with van der Waals surface area (Å²) in [5.41, 5.74) is 0.335. The Bertz CT molecular complexity index is 497. The Hall–Kier alpha value is -2.51. The van der Waals surface area contributed by atoms with Gasteiger partial charge in [0.05, 0.1) is 12.2 Å². The number of carbonyl (C=O) groups excluding carboxylic acids is 1. The molecule has 0 aliphatic carbocycles. The van der Waals surface area contributed by atoms with Gasteiger partial charge in [-0.1, -0.05) is 0 Å². The van der Waals surface area contributed by atoms with Crippen LogP contribution in [0.2, 0.25) is 0 Å². The van der Waals surface area contributed by atoms with E-state index in [1.807, 2.05) is 6.92 Å². The molecule has 0 fully saturated rings. The summed E-state index contributed by atoms with van der Waals surface area (Å²) in [6, 6.07) is 0.187. The monoisotopic (exact) mass is 234 g/mol. The number of nitrogens with one attached hydrogen (secondary N) is 2. The zero-order valence-corrected chi connectivity index (χ0v) is 9.04. The van der Waals surface area contributed by atoms with Crippen molar-refractivity contribution in [3.05, 3.63) is 24.3 Å². The molecule has 0 saturated heterocycles. The molecule has 2 N–H and O–H groups in total. The second-order valence-electron chi connectivity index (χ2n) is 2.98. The van der Waals surface area contributed by atoms with Gasteiger partial charge in [-0.15, -0.1) is 5.10 Å². The Labute approximate surface area is 96.5 Å². The number of hydrogen-bond acceptors (Lipinski definition) is 6. The molecule has 0 atom stereocenters. The van der Waals surface area contributed by atoms with Crippen LogP contribution in [0.15, 0.2) is 18.7 Å². The Kier molecular flexibility index (Phi) is 3.24. The van der Waals surface area contributed by atoms with Crippen LogP contribution in [0, 0.1) is 0 Å². The summed E-state index contributed by atoms with van der Waals surface area (Å²) in [5, 5.41) is 8.79. The first-order valence-corrected chi connectivity index (χ1v) is 4.91. The van der Waals surface area contributed by atoms with Crippen LogP contribution in [0.4, 0.5) is 5.95 Å². The van der Waals surface area contributed by atoms with E-state index < -0.39 is 0 Å². The fourth-order valence-electron chi connectivity index (χ4n) is 1.09. The lowest BCUT2D eigenvalue weighted by atomic mass is 10.3. The predicted octanol–water partition coefficient (Wildman–Crippen LogP) is 0.246. The van der Waals surface area contributed by atoms with Gasteiger partial charge in [0.1, 0.15) is 6.33 Å². The number of nitrogens with zero attached hydrogens (tertiary/aromatic N) is 4. The van der Waals surface area contributed by atoms with Crippen LogP contribution in [0.5, 0.6) is 6.01 Å². The maximum Gasteiger partial charge on any atom is 0.337 e. The number of aromatic amines is 1. The van der Waals surface area contributed by atoms with Crippen LogP contribution in [0.1, 0.15) is 17.3 Å². The van der Waals surface area contributed by atoms with Gasteiger partial charge in [-0.05, 0) is 6.92 Å². The minimum Gasteiger partial charge on any atom is -0.463 e. The van der Waals surface area contributed by atoms with Gasteiger partial charge >= 0.3 is 6.01 Å². The van der Waals surface area contributed by atoms with Crippen molar-refractivity contribution in [2.45, 2.75) is 6.92 Å². The topological polar surface area (TPSA) is 106 Å². The van der Waals surface area contributed by atoms with Crippen molar-refractivity contribution in [3.8, 4) is 6.01 Å². The maximum absolute atomic E-state index is 11.7. The molecule has 0 aliphatic heterocycles. The highest BCUT2D eigenvalue weighted by Gasteiger charge is 2.09. The molecule has 0 unspecified atom stereocenters. The summed E-state index contributed by atoms with van der Waals surface area (Å²) in [4.78, 5) is 23.0. The number of H-pyrrole nitrogens is 1. The van der Waals surface area contributed by atoms with E-state index in [1.165, 1.54) is 18.7 Å². The smallest absolute Gasteiger partial charge is 0.337 e. The second-order valence-corrected chi connectivity index (χ2v) is 2.98. The van der Waals surface area contributed by atoms with Crippen LogP contribution in [-0.2, 0) is 0 Å². The van der Waals surface area contributed by atoms with Gasteiger partial charge in [-0.2, -0.15) is 4.98 Å². The van der Waals surface area contributed by atoms with Crippen molar-refractivity contribution in [1.82, 2.24) is 25.1 Å². The zero-order valence-electron chi connectivity index (χ0n) is 9.04. The quantitative estimate of drug-likeness (QED) is 0.785. The molecule has 8 heteroatoms. The summed E-state index contributed by atoms with van der Waals surface area (Å²) in [6.45, 7) is 2.27. The molecule has 2 aromatic heterocycles. The van der Waals surface area contributed by atoms with E-state index >= 15 is 0 Å². The normalized spacial score (nSPS) is 9.94. The number of ether oxygens (including phenoxy) is 1. The van der Waals surface area contributed by atoms with E-state index in [1.54, 1.807) is 0 Å². The molecule has 17 heavy (non-hydrogen) atoms. The first kappa shape index (κ1) is 11.0. The summed E-state index contributed by atoms with van der Waals surface area (Å²) in [5.74, 6) is -0.160. The Morgan fingerprint density at radius 3 is 2.94 bits per heavy atom. The van der Waals surface area contributed by atoms with Crippen molar-refractivity contribution in [1.29, 1.82) is 0 Å². The number of hydrogen-bond donors (Lipinski definition) is 2. The van der Waals surface area contributed by atoms with E-state index in [2.05, 4.69) is 30.5 Å². The summed E-state index contributed by atoms with van der Waals surface area (Å²) in [6.07, 6.45) is 4.16. The molecule has 0 aromatic carbocycles. The summed E-state index contributed by atoms with van der Waals surface area (Å²) < 4.78 is 5.04. The summed E-state index contributed by atoms with van der Waals surface area (Å²) >= 11 is 0. The zero-order chi connectivity index (χ0) is 12.1. The SMILES string of the molecule is CCOc1n[nH]c(NC(=O)c2cncnc2)n1. The second kappa shape index (κ2) is 5.01. The van der Waals surface area contributed by atoms with Crippen molar-refractivity contribution >= 4 is 11.9 Å². The van der Waals surface area contributed by atoms with Crippen molar-refractivity contribution in [2.75, 3.05) is 11.9 Å². The molecule has 0 saturated carbocycles. The average molecular weight is 234 g/mol. The standard InChI is InChI=1S/C9H10N6O2/c1-2-17-9-13-8(14-15-9)12-7(16)6-3-10-5-11-4-6/h3-5H,2H2,1H3,(H2,12,13,14,15,16). The third-order valence-corrected chi connectivity index (χ3v) is 1.79. The van der Waals surface area contributed by atoms with Gasteiger partial charge in [0.2, 0.25) is 5.95 Å². The fourth-order valence-corrected chi connectivity index (χ4v) is 1.09. The lowest BCUT2D eigenvalue weighted by Gasteiger charge is -1.99. The minimum atomic E-state index is -0.371. The molecular weight excluding hydrogens is 224 g/mol. The number of aromatic nitrogens is 5. The Morgan fingerprint density at radius 2 is 2.24 bits per heavy atom. The third kappa shape index (κ3) is 2.74. The highest BCUT2D eigenvalue weighted by Crippen LogP contribution is 2.06. The largest absolute Gasteiger partial charge is 0.463 e. The molecule has 2 rings (SSSR count). The van der Waals surface area contributed by atoms with E-state index in [9.17, 15) is 4.79 Å². The van der Waals surface area contributed by atoms with Crippen LogP contribution in [0.3, 0.4) is 0 Å². The summed E-state index contributed by atoms with van der Waals surface area (Å²) in [7, 11) is 0. The van der Waals surface area contributed by atoms with E-state index in [0.29, 0.717) is 12.2 Å². The molecule has 2 aromatic rings. The van der Waals surface area contributed by atoms with Crippen molar-refractivity contribution in [3.63, 3.8) is 0 Å². The molecule has 8 nitrogen and oxygen atoms in total. The van der Waals surface area contributed by atoms with Crippen molar-refractivity contribution in [2.24, 2.45) is 0 Å². The predicted molar refractivity (Wildman–Crippen MR) is 57.5 cm³/mol. The van der Waals surface area contributed by atoms with E-state index in [4.69, 9.17) is 4.74 Å². The molecule has 0 bridgehead atoms. The van der Waals surface area contributed by atoms with Crippen molar-refractivity contribution < 1.29 is 9.53 Å². The number of rotatable bonds is 4. The molecule has 1 amide bonds. The van der Waals surface area contributed by atoms with Crippen LogP contribution < -0.4 is 10.1 Å². The van der Waals surface area contributed by atoms with Gasteiger partial charge in [0.25, 0.3) is 5.91 Å². The highest BCUT2D eigenvalue weighted by molar-refractivity contribution is 6.02. The maximum atomic E-state index is 11.7. The molecule has 0 radical (unpaired) electrons. The van der Waals surface area contributed by atoms with E-state index in [-0.39, 0.29) is 17.9 Å². The minimum absolute atomic E-state index is 0.187. The lowest BCUT2D eigenvalue weighted by molar-refractivity contribution is 0.102. The molecule has 88 valence electrons. The highest BCUT2D eigenvalue weighted by atomic mass is 16.5. The van der Waals surface area contributed by atoms with Gasteiger partial charge in [0, 0.05) is 12.4 Å². The first-order valence-electron chi connectivity index (χ1n) is 4.91. The van der Waals surface area contributed by atoms with Crippen LogP contribution >= 0.6 is 0 Å². The number of amides is 1. The third-order valence-electron chi connectivity index (χ3n) is 1.79. The van der Waals surface area contributed by atoms with Crippen LogP contribution in [0.25, 0.3) is 0 Å². The molecular formula is C9H10N6O2. The molecule has 2 heterocycles. The number of carbonyl (C=O) groups is 1. The van der Waals surface area contributed by atoms with Crippen LogP contribution in [-0.4, -0.2) is 37.7 Å². The van der Waals surface area contributed by atoms with Gasteiger partial charge < -0.3 is 4.74 Å². The Balaban J connectivity index is 2.03. The Morgan fingerprint density at radius 1 is 1.47 bits per heavy atom. The fraction of sp³-hybridized carbons (Fsp3) is 0.222. The van der Waals surface area contributed by atoms with Gasteiger partial charge in [-0.25, -0.2) is 15.1 Å². The lowest BCUT2D eigenvalue weighted by Crippen LogP contribution is -2.13. The van der Waals surface area contributed by atoms with Gasteiger partial charge in [0.15, 0.2) is 0 Å². The van der Waals surface area contributed by atoms with Gasteiger partial charge in [-0.3, -0.25) is 10.1 Å².